The molecule has 0 radical (unpaired) electrons. The summed E-state index contributed by atoms with van der Waals surface area (Å²) in [5.41, 5.74) is 4.65. The Morgan fingerprint density at radius 3 is 2.64 bits per heavy atom. The van der Waals surface area contributed by atoms with Crippen molar-refractivity contribution >= 4 is 5.91 Å². The first kappa shape index (κ1) is 20.1. The van der Waals surface area contributed by atoms with Crippen molar-refractivity contribution in [2.24, 2.45) is 5.73 Å². The molecule has 0 bridgehead atoms. The highest BCUT2D eigenvalue weighted by molar-refractivity contribution is 5.92. The van der Waals surface area contributed by atoms with Crippen LogP contribution in [0.2, 0.25) is 0 Å². The van der Waals surface area contributed by atoms with E-state index >= 15 is 0 Å². The first-order chi connectivity index (χ1) is 13.1. The highest BCUT2D eigenvalue weighted by Crippen LogP contribution is 2.30. The summed E-state index contributed by atoms with van der Waals surface area (Å²) in [6.07, 6.45) is -3.28. The van der Waals surface area contributed by atoms with E-state index in [0.29, 0.717) is 25.1 Å². The fourth-order valence-corrected chi connectivity index (χ4v) is 3.42. The lowest BCUT2D eigenvalue weighted by atomic mass is 9.99. The van der Waals surface area contributed by atoms with Crippen LogP contribution in [0.4, 0.5) is 13.2 Å². The van der Waals surface area contributed by atoms with Crippen molar-refractivity contribution < 1.29 is 18.0 Å². The van der Waals surface area contributed by atoms with Gasteiger partial charge in [0.2, 0.25) is 5.43 Å². The van der Waals surface area contributed by atoms with Gasteiger partial charge in [-0.25, -0.2) is 4.68 Å². The molecule has 0 spiro atoms. The molecule has 3 rings (SSSR count). The van der Waals surface area contributed by atoms with Crippen LogP contribution in [0.1, 0.15) is 41.5 Å². The molecule has 6 nitrogen and oxygen atoms in total. The van der Waals surface area contributed by atoms with E-state index in [1.54, 1.807) is 11.8 Å². The predicted molar refractivity (Wildman–Crippen MR) is 97.3 cm³/mol. The molecule has 1 amide bonds. The number of rotatable bonds is 2. The number of nitrogens with zero attached hydrogens (tertiary/aromatic N) is 3. The molecule has 0 saturated carbocycles. The van der Waals surface area contributed by atoms with Crippen LogP contribution in [0.3, 0.4) is 0 Å². The summed E-state index contributed by atoms with van der Waals surface area (Å²) in [5, 5.41) is 4.11. The van der Waals surface area contributed by atoms with E-state index in [1.165, 1.54) is 22.9 Å². The van der Waals surface area contributed by atoms with E-state index in [0.717, 1.165) is 12.1 Å². The Hall–Kier alpha value is -2.68. The number of carbonyl (C=O) groups excluding carboxylic acids is 1. The summed E-state index contributed by atoms with van der Waals surface area (Å²) in [7, 11) is 0. The molecule has 1 aromatic heterocycles. The summed E-state index contributed by atoms with van der Waals surface area (Å²) < 4.78 is 40.3. The maximum atomic E-state index is 13.0. The summed E-state index contributed by atoms with van der Waals surface area (Å²) >= 11 is 0. The number of halogens is 3. The summed E-state index contributed by atoms with van der Waals surface area (Å²) in [6, 6.07) is 5.63. The Bertz CT molecular complexity index is 955. The molecule has 0 aliphatic carbocycles. The lowest BCUT2D eigenvalue weighted by Crippen LogP contribution is -2.49. The maximum absolute atomic E-state index is 13.0. The number of aromatic nitrogens is 2. The second kappa shape index (κ2) is 7.38. The quantitative estimate of drug-likeness (QED) is 0.849. The fraction of sp³-hybridized carbons (Fsp3) is 0.421. The van der Waals surface area contributed by atoms with Gasteiger partial charge in [0.25, 0.3) is 5.91 Å². The summed E-state index contributed by atoms with van der Waals surface area (Å²) in [5.74, 6) is -0.537. The number of nitrogens with two attached hydrogens (primary N) is 1. The van der Waals surface area contributed by atoms with Crippen LogP contribution in [-0.4, -0.2) is 39.2 Å². The Labute approximate surface area is 159 Å². The average Bonchev–Trinajstić information content (AvgIpc) is 2.61. The lowest BCUT2D eigenvalue weighted by molar-refractivity contribution is -0.137. The van der Waals surface area contributed by atoms with E-state index < -0.39 is 23.1 Å². The van der Waals surface area contributed by atoms with Gasteiger partial charge in [-0.05, 0) is 44.9 Å². The third-order valence-corrected chi connectivity index (χ3v) is 4.91. The van der Waals surface area contributed by atoms with Gasteiger partial charge in [0, 0.05) is 30.4 Å². The fourth-order valence-electron chi connectivity index (χ4n) is 3.42. The molecular formula is C19H21F3N4O2. The second-order valence-electron chi connectivity index (χ2n) is 7.09. The summed E-state index contributed by atoms with van der Waals surface area (Å²) in [4.78, 5) is 26.8. The molecule has 1 aromatic carbocycles. The normalized spacial score (nSPS) is 20.3. The SMILES string of the molecule is Cc1cc(=O)c(C(=O)N2CC[C@H](N)C[C@@H]2C)nn1-c1cccc(C(F)(F)F)c1. The Morgan fingerprint density at radius 1 is 1.29 bits per heavy atom. The minimum Gasteiger partial charge on any atom is -0.334 e. The van der Waals surface area contributed by atoms with Crippen molar-refractivity contribution in [3.63, 3.8) is 0 Å². The molecule has 150 valence electrons. The zero-order chi connectivity index (χ0) is 20.6. The smallest absolute Gasteiger partial charge is 0.334 e. The van der Waals surface area contributed by atoms with Crippen molar-refractivity contribution in [3.05, 3.63) is 57.5 Å². The standard InChI is InChI=1S/C19H21F3N4O2/c1-11-8-14(23)6-7-25(11)18(28)17-16(27)9-12(2)26(24-17)15-5-3-4-13(10-15)19(20,21)22/h3-5,9-11,14H,6-8,23H2,1-2H3/t11-,14-/m0/s1. The lowest BCUT2D eigenvalue weighted by Gasteiger charge is -2.36. The third-order valence-electron chi connectivity index (χ3n) is 4.91. The van der Waals surface area contributed by atoms with Crippen molar-refractivity contribution in [1.29, 1.82) is 0 Å². The van der Waals surface area contributed by atoms with Gasteiger partial charge in [-0.15, -0.1) is 0 Å². The number of aryl methyl sites for hydroxylation is 1. The van der Waals surface area contributed by atoms with Crippen LogP contribution in [0, 0.1) is 6.92 Å². The van der Waals surface area contributed by atoms with Crippen molar-refractivity contribution in [1.82, 2.24) is 14.7 Å². The number of benzene rings is 1. The van der Waals surface area contributed by atoms with Gasteiger partial charge >= 0.3 is 6.18 Å². The molecule has 1 fully saturated rings. The zero-order valence-corrected chi connectivity index (χ0v) is 15.5. The number of piperidine rings is 1. The Morgan fingerprint density at radius 2 is 2.00 bits per heavy atom. The molecule has 1 aliphatic rings. The van der Waals surface area contributed by atoms with Gasteiger partial charge in [0.05, 0.1) is 11.3 Å². The topological polar surface area (TPSA) is 81.2 Å². The maximum Gasteiger partial charge on any atom is 0.416 e. The van der Waals surface area contributed by atoms with Crippen LogP contribution >= 0.6 is 0 Å². The van der Waals surface area contributed by atoms with Crippen molar-refractivity contribution in [2.45, 2.75) is 44.9 Å². The van der Waals surface area contributed by atoms with Crippen LogP contribution in [0.15, 0.2) is 35.1 Å². The molecule has 2 N–H and O–H groups in total. The van der Waals surface area contributed by atoms with Crippen LogP contribution in [-0.2, 0) is 6.18 Å². The first-order valence-corrected chi connectivity index (χ1v) is 8.93. The van der Waals surface area contributed by atoms with Crippen LogP contribution in [0.25, 0.3) is 5.69 Å². The first-order valence-electron chi connectivity index (χ1n) is 8.93. The largest absolute Gasteiger partial charge is 0.416 e. The van der Waals surface area contributed by atoms with Crippen molar-refractivity contribution in [3.8, 4) is 5.69 Å². The number of alkyl halides is 3. The number of amides is 1. The van der Waals surface area contributed by atoms with Gasteiger partial charge in [0.1, 0.15) is 0 Å². The minimum atomic E-state index is -4.51. The van der Waals surface area contributed by atoms with Gasteiger partial charge in [-0.3, -0.25) is 9.59 Å². The number of hydrogen-bond acceptors (Lipinski definition) is 4. The summed E-state index contributed by atoms with van der Waals surface area (Å²) in [6.45, 7) is 3.79. The molecule has 0 unspecified atom stereocenters. The second-order valence-corrected chi connectivity index (χ2v) is 7.09. The Balaban J connectivity index is 2.02. The average molecular weight is 394 g/mol. The zero-order valence-electron chi connectivity index (χ0n) is 15.5. The number of carbonyl (C=O) groups is 1. The highest BCUT2D eigenvalue weighted by atomic mass is 19.4. The minimum absolute atomic E-state index is 0.00760. The monoisotopic (exact) mass is 394 g/mol. The Kier molecular flexibility index (Phi) is 5.29. The van der Waals surface area contributed by atoms with E-state index in [2.05, 4.69) is 5.10 Å². The number of likely N-dealkylation sites (tertiary alicyclic amines) is 1. The van der Waals surface area contributed by atoms with E-state index in [4.69, 9.17) is 5.73 Å². The molecule has 2 atom stereocenters. The van der Waals surface area contributed by atoms with Crippen molar-refractivity contribution in [2.75, 3.05) is 6.54 Å². The molecule has 1 aliphatic heterocycles. The molecule has 1 saturated heterocycles. The number of hydrogen-bond donors (Lipinski definition) is 1. The van der Waals surface area contributed by atoms with E-state index in [9.17, 15) is 22.8 Å². The van der Waals surface area contributed by atoms with Gasteiger partial charge in [0.15, 0.2) is 5.69 Å². The predicted octanol–water partition coefficient (Wildman–Crippen LogP) is 2.51. The van der Waals surface area contributed by atoms with Crippen LogP contribution < -0.4 is 11.2 Å². The third kappa shape index (κ3) is 3.94. The molecule has 28 heavy (non-hydrogen) atoms. The van der Waals surface area contributed by atoms with E-state index in [1.807, 2.05) is 6.92 Å². The molecular weight excluding hydrogens is 373 g/mol. The highest BCUT2D eigenvalue weighted by Gasteiger charge is 2.32. The van der Waals surface area contributed by atoms with Gasteiger partial charge in [-0.2, -0.15) is 18.3 Å². The molecule has 9 heteroatoms. The molecule has 2 heterocycles. The van der Waals surface area contributed by atoms with Gasteiger partial charge in [-0.1, -0.05) is 6.07 Å². The van der Waals surface area contributed by atoms with Crippen LogP contribution in [0.5, 0.6) is 0 Å². The molecule has 2 aromatic rings. The van der Waals surface area contributed by atoms with E-state index in [-0.39, 0.29) is 23.5 Å². The van der Waals surface area contributed by atoms with Gasteiger partial charge < -0.3 is 10.6 Å².